The van der Waals surface area contributed by atoms with Crippen LogP contribution in [-0.4, -0.2) is 28.7 Å². The Kier molecular flexibility index (Phi) is 3.89. The molecule has 1 aromatic carbocycles. The SMILES string of the molecule is C[C@@H](C(=O)Nc1ccc(Cl)cc1Cl)N1C(=O)[C@@H]2[C@H](C1=O)[C@H]1C=C[C@H]2C1. The summed E-state index contributed by atoms with van der Waals surface area (Å²) in [6, 6.07) is 3.82. The number of imide groups is 1. The van der Waals surface area contributed by atoms with E-state index in [1.807, 2.05) is 12.2 Å². The summed E-state index contributed by atoms with van der Waals surface area (Å²) < 4.78 is 0. The molecule has 4 rings (SSSR count). The van der Waals surface area contributed by atoms with Gasteiger partial charge in [-0.15, -0.1) is 0 Å². The molecule has 7 heteroatoms. The highest BCUT2D eigenvalue weighted by atomic mass is 35.5. The number of likely N-dealkylation sites (tertiary alicyclic amines) is 1. The molecule has 1 aromatic rings. The number of benzene rings is 1. The van der Waals surface area contributed by atoms with Crippen LogP contribution in [-0.2, 0) is 14.4 Å². The number of hydrogen-bond donors (Lipinski definition) is 1. The number of allylic oxidation sites excluding steroid dienone is 2. The Labute approximate surface area is 155 Å². The molecule has 0 aromatic heterocycles. The van der Waals surface area contributed by atoms with Gasteiger partial charge >= 0.3 is 0 Å². The van der Waals surface area contributed by atoms with Gasteiger partial charge in [-0.05, 0) is 43.4 Å². The van der Waals surface area contributed by atoms with Gasteiger partial charge in [-0.1, -0.05) is 35.4 Å². The highest BCUT2D eigenvalue weighted by molar-refractivity contribution is 6.36. The quantitative estimate of drug-likeness (QED) is 0.648. The van der Waals surface area contributed by atoms with E-state index < -0.39 is 11.9 Å². The van der Waals surface area contributed by atoms with Crippen LogP contribution in [0.15, 0.2) is 30.4 Å². The molecule has 5 atom stereocenters. The van der Waals surface area contributed by atoms with Gasteiger partial charge < -0.3 is 5.32 Å². The summed E-state index contributed by atoms with van der Waals surface area (Å²) in [5, 5.41) is 3.42. The Morgan fingerprint density at radius 1 is 1.16 bits per heavy atom. The van der Waals surface area contributed by atoms with Gasteiger partial charge in [-0.2, -0.15) is 0 Å². The second-order valence-electron chi connectivity index (χ2n) is 6.84. The fourth-order valence-corrected chi connectivity index (χ4v) is 4.71. The smallest absolute Gasteiger partial charge is 0.247 e. The average molecular weight is 379 g/mol. The van der Waals surface area contributed by atoms with E-state index in [4.69, 9.17) is 23.2 Å². The Balaban J connectivity index is 1.53. The van der Waals surface area contributed by atoms with Gasteiger partial charge in [0.1, 0.15) is 6.04 Å². The van der Waals surface area contributed by atoms with Crippen LogP contribution in [0.3, 0.4) is 0 Å². The zero-order valence-corrected chi connectivity index (χ0v) is 14.9. The van der Waals surface area contributed by atoms with E-state index in [9.17, 15) is 14.4 Å². The summed E-state index contributed by atoms with van der Waals surface area (Å²) in [6.45, 7) is 1.56. The minimum atomic E-state index is -0.892. The molecule has 2 aliphatic carbocycles. The minimum Gasteiger partial charge on any atom is -0.323 e. The molecule has 1 heterocycles. The maximum absolute atomic E-state index is 12.7. The Hall–Kier alpha value is -1.85. The van der Waals surface area contributed by atoms with Gasteiger partial charge in [0.25, 0.3) is 0 Å². The van der Waals surface area contributed by atoms with Gasteiger partial charge in [0.05, 0.1) is 22.5 Å². The first kappa shape index (κ1) is 16.6. The predicted molar refractivity (Wildman–Crippen MR) is 94.1 cm³/mol. The zero-order valence-electron chi connectivity index (χ0n) is 13.4. The highest BCUT2D eigenvalue weighted by Crippen LogP contribution is 2.52. The molecule has 5 nitrogen and oxygen atoms in total. The van der Waals surface area contributed by atoms with Crippen LogP contribution in [0.4, 0.5) is 5.69 Å². The number of anilines is 1. The summed E-state index contributed by atoms with van der Waals surface area (Å²) in [5.41, 5.74) is 0.393. The van der Waals surface area contributed by atoms with E-state index in [1.165, 1.54) is 6.07 Å². The lowest BCUT2D eigenvalue weighted by atomic mass is 9.85. The van der Waals surface area contributed by atoms with E-state index in [2.05, 4.69) is 5.32 Å². The lowest BCUT2D eigenvalue weighted by Crippen LogP contribution is -2.46. The average Bonchev–Trinajstić information content (AvgIpc) is 3.23. The first-order valence-electron chi connectivity index (χ1n) is 8.19. The second-order valence-corrected chi connectivity index (χ2v) is 7.68. The second kappa shape index (κ2) is 5.85. The van der Waals surface area contributed by atoms with Crippen LogP contribution in [0.25, 0.3) is 0 Å². The van der Waals surface area contributed by atoms with Crippen LogP contribution >= 0.6 is 23.2 Å². The van der Waals surface area contributed by atoms with Crippen LogP contribution in [0.5, 0.6) is 0 Å². The number of nitrogens with one attached hydrogen (secondary N) is 1. The number of hydrogen-bond acceptors (Lipinski definition) is 3. The molecule has 130 valence electrons. The summed E-state index contributed by atoms with van der Waals surface area (Å²) in [7, 11) is 0. The molecule has 0 radical (unpaired) electrons. The van der Waals surface area contributed by atoms with Crippen LogP contribution in [0.1, 0.15) is 13.3 Å². The van der Waals surface area contributed by atoms with Gasteiger partial charge in [-0.3, -0.25) is 19.3 Å². The number of nitrogens with zero attached hydrogens (tertiary/aromatic N) is 1. The first-order chi connectivity index (χ1) is 11.9. The third kappa shape index (κ3) is 2.49. The van der Waals surface area contributed by atoms with Crippen molar-refractivity contribution in [1.82, 2.24) is 4.90 Å². The minimum absolute atomic E-state index is 0.123. The van der Waals surface area contributed by atoms with Gasteiger partial charge in [-0.25, -0.2) is 0 Å². The van der Waals surface area contributed by atoms with Crippen molar-refractivity contribution >= 4 is 46.6 Å². The van der Waals surface area contributed by atoms with Crippen molar-refractivity contribution in [2.24, 2.45) is 23.7 Å². The molecule has 2 bridgehead atoms. The molecule has 3 amide bonds. The van der Waals surface area contributed by atoms with Crippen molar-refractivity contribution < 1.29 is 14.4 Å². The molecule has 1 N–H and O–H groups in total. The van der Waals surface area contributed by atoms with Crippen LogP contribution in [0, 0.1) is 23.7 Å². The summed E-state index contributed by atoms with van der Waals surface area (Å²) in [6.07, 6.45) is 4.92. The van der Waals surface area contributed by atoms with E-state index in [1.54, 1.807) is 19.1 Å². The monoisotopic (exact) mass is 378 g/mol. The number of carbonyl (C=O) groups excluding carboxylic acids is 3. The third-order valence-electron chi connectivity index (χ3n) is 5.46. The molecule has 2 fully saturated rings. The van der Waals surface area contributed by atoms with Crippen molar-refractivity contribution in [3.05, 3.63) is 40.4 Å². The number of fused-ring (bicyclic) bond motifs is 5. The fraction of sp³-hybridized carbons (Fsp3) is 0.389. The first-order valence-corrected chi connectivity index (χ1v) is 8.95. The number of carbonyl (C=O) groups is 3. The number of amides is 3. The van der Waals surface area contributed by atoms with Crippen molar-refractivity contribution in [3.8, 4) is 0 Å². The predicted octanol–water partition coefficient (Wildman–Crippen LogP) is 3.13. The third-order valence-corrected chi connectivity index (χ3v) is 6.01. The highest BCUT2D eigenvalue weighted by Gasteiger charge is 2.60. The molecule has 25 heavy (non-hydrogen) atoms. The summed E-state index contributed by atoms with van der Waals surface area (Å²) in [5.74, 6) is -1.30. The van der Waals surface area contributed by atoms with E-state index in [-0.39, 0.29) is 35.5 Å². The molecule has 3 aliphatic rings. The van der Waals surface area contributed by atoms with Crippen LogP contribution < -0.4 is 5.32 Å². The normalized spacial score (nSPS) is 30.8. The maximum Gasteiger partial charge on any atom is 0.247 e. The topological polar surface area (TPSA) is 66.5 Å². The van der Waals surface area contributed by atoms with Gasteiger partial charge in [0.15, 0.2) is 0 Å². The molecule has 1 saturated heterocycles. The largest absolute Gasteiger partial charge is 0.323 e. The van der Waals surface area contributed by atoms with Crippen molar-refractivity contribution in [2.45, 2.75) is 19.4 Å². The van der Waals surface area contributed by atoms with Crippen molar-refractivity contribution in [3.63, 3.8) is 0 Å². The van der Waals surface area contributed by atoms with E-state index in [0.29, 0.717) is 15.7 Å². The molecule has 1 saturated carbocycles. The number of halogens is 2. The maximum atomic E-state index is 12.7. The summed E-state index contributed by atoms with van der Waals surface area (Å²) >= 11 is 11.9. The lowest BCUT2D eigenvalue weighted by molar-refractivity contribution is -0.146. The molecule has 0 unspecified atom stereocenters. The van der Waals surface area contributed by atoms with Gasteiger partial charge in [0.2, 0.25) is 17.7 Å². The Morgan fingerprint density at radius 3 is 2.32 bits per heavy atom. The number of rotatable bonds is 3. The van der Waals surface area contributed by atoms with Crippen LogP contribution in [0.2, 0.25) is 10.0 Å². The van der Waals surface area contributed by atoms with Crippen molar-refractivity contribution in [2.75, 3.05) is 5.32 Å². The molecule has 1 aliphatic heterocycles. The Morgan fingerprint density at radius 2 is 1.76 bits per heavy atom. The Bertz CT molecular complexity index is 793. The lowest BCUT2D eigenvalue weighted by Gasteiger charge is -2.24. The standard InChI is InChI=1S/C18H16Cl2N2O3/c1-8(16(23)21-13-5-4-11(19)7-12(13)20)22-17(24)14-9-2-3-10(6-9)15(14)18(22)25/h2-5,7-10,14-15H,6H2,1H3,(H,21,23)/t8-,9-,10-,14-,15+/m0/s1. The van der Waals surface area contributed by atoms with Gasteiger partial charge in [0, 0.05) is 5.02 Å². The molecular formula is C18H16Cl2N2O3. The summed E-state index contributed by atoms with van der Waals surface area (Å²) in [4.78, 5) is 39.2. The molecule has 0 spiro atoms. The zero-order chi connectivity index (χ0) is 17.9. The van der Waals surface area contributed by atoms with E-state index in [0.717, 1.165) is 11.3 Å². The van der Waals surface area contributed by atoms with E-state index >= 15 is 0 Å². The molecular weight excluding hydrogens is 363 g/mol. The fourth-order valence-electron chi connectivity index (χ4n) is 4.25. The van der Waals surface area contributed by atoms with Crippen molar-refractivity contribution in [1.29, 1.82) is 0 Å².